The predicted octanol–water partition coefficient (Wildman–Crippen LogP) is 1.84. The second-order valence-corrected chi connectivity index (χ2v) is 4.01. The predicted molar refractivity (Wildman–Crippen MR) is 68.9 cm³/mol. The van der Waals surface area contributed by atoms with Crippen molar-refractivity contribution < 1.29 is 4.74 Å². The Hall–Kier alpha value is -1.82. The highest BCUT2D eigenvalue weighted by molar-refractivity contribution is 6.32. The zero-order valence-electron chi connectivity index (χ0n) is 10.0. The molecule has 0 spiro atoms. The molecule has 7 heteroatoms. The van der Waals surface area contributed by atoms with Gasteiger partial charge in [0.05, 0.1) is 13.3 Å². The number of aromatic nitrogens is 4. The van der Waals surface area contributed by atoms with Gasteiger partial charge in [-0.3, -0.25) is 4.68 Å². The third kappa shape index (κ3) is 3.33. The third-order valence-corrected chi connectivity index (χ3v) is 2.60. The monoisotopic (exact) mass is 267 g/mol. The van der Waals surface area contributed by atoms with Gasteiger partial charge in [-0.15, -0.1) is 0 Å². The third-order valence-electron chi connectivity index (χ3n) is 2.32. The van der Waals surface area contributed by atoms with E-state index < -0.39 is 0 Å². The Bertz CT molecular complexity index is 488. The number of nitrogens with one attached hydrogen (secondary N) is 1. The van der Waals surface area contributed by atoms with Gasteiger partial charge in [0.1, 0.15) is 5.02 Å². The van der Waals surface area contributed by atoms with E-state index in [0.717, 1.165) is 19.5 Å². The highest BCUT2D eigenvalue weighted by Gasteiger charge is 2.04. The molecular weight excluding hydrogens is 254 g/mol. The Kier molecular flexibility index (Phi) is 4.35. The fourth-order valence-corrected chi connectivity index (χ4v) is 1.61. The Morgan fingerprint density at radius 2 is 2.39 bits per heavy atom. The van der Waals surface area contributed by atoms with Gasteiger partial charge in [-0.2, -0.15) is 10.1 Å². The summed E-state index contributed by atoms with van der Waals surface area (Å²) in [7, 11) is 1.52. The summed E-state index contributed by atoms with van der Waals surface area (Å²) >= 11 is 5.97. The number of anilines is 1. The average Bonchev–Trinajstić information content (AvgIpc) is 2.89. The van der Waals surface area contributed by atoms with Crippen LogP contribution >= 0.6 is 11.6 Å². The van der Waals surface area contributed by atoms with Crippen LogP contribution in [0.5, 0.6) is 6.01 Å². The van der Waals surface area contributed by atoms with E-state index in [0.29, 0.717) is 16.9 Å². The highest BCUT2D eigenvalue weighted by Crippen LogP contribution is 2.19. The number of ether oxygens (including phenoxy) is 1. The summed E-state index contributed by atoms with van der Waals surface area (Å²) in [6.07, 6.45) is 6.13. The van der Waals surface area contributed by atoms with Crippen molar-refractivity contribution in [2.45, 2.75) is 13.0 Å². The Balaban J connectivity index is 1.82. The van der Waals surface area contributed by atoms with Crippen molar-refractivity contribution in [2.24, 2.45) is 0 Å². The van der Waals surface area contributed by atoms with Crippen LogP contribution in [0, 0.1) is 0 Å². The molecule has 0 amide bonds. The first-order chi connectivity index (χ1) is 8.79. The smallest absolute Gasteiger partial charge is 0.318 e. The number of aryl methyl sites for hydroxylation is 1. The molecule has 0 bridgehead atoms. The second-order valence-electron chi connectivity index (χ2n) is 3.60. The normalized spacial score (nSPS) is 10.3. The van der Waals surface area contributed by atoms with E-state index in [1.165, 1.54) is 13.3 Å². The first-order valence-corrected chi connectivity index (χ1v) is 5.95. The maximum absolute atomic E-state index is 5.97. The lowest BCUT2D eigenvalue weighted by Crippen LogP contribution is -2.09. The summed E-state index contributed by atoms with van der Waals surface area (Å²) in [6, 6.07) is 2.20. The molecule has 1 N–H and O–H groups in total. The van der Waals surface area contributed by atoms with E-state index in [4.69, 9.17) is 16.3 Å². The molecule has 0 saturated heterocycles. The maximum atomic E-state index is 5.97. The van der Waals surface area contributed by atoms with Crippen molar-refractivity contribution in [1.82, 2.24) is 19.7 Å². The van der Waals surface area contributed by atoms with Gasteiger partial charge in [-0.05, 0) is 12.5 Å². The number of hydrogen-bond acceptors (Lipinski definition) is 5. The number of hydrogen-bond donors (Lipinski definition) is 1. The van der Waals surface area contributed by atoms with Crippen LogP contribution in [0.25, 0.3) is 0 Å². The molecule has 0 aromatic carbocycles. The van der Waals surface area contributed by atoms with Crippen LogP contribution in [-0.2, 0) is 6.54 Å². The van der Waals surface area contributed by atoms with Gasteiger partial charge >= 0.3 is 6.01 Å². The summed E-state index contributed by atoms with van der Waals surface area (Å²) in [4.78, 5) is 8.03. The van der Waals surface area contributed by atoms with Crippen molar-refractivity contribution in [3.8, 4) is 6.01 Å². The Labute approximate surface area is 110 Å². The zero-order valence-corrected chi connectivity index (χ0v) is 10.8. The lowest BCUT2D eigenvalue weighted by molar-refractivity contribution is 0.380. The molecule has 18 heavy (non-hydrogen) atoms. The Morgan fingerprint density at radius 1 is 1.50 bits per heavy atom. The molecule has 0 aliphatic carbocycles. The maximum Gasteiger partial charge on any atom is 0.318 e. The van der Waals surface area contributed by atoms with E-state index >= 15 is 0 Å². The van der Waals surface area contributed by atoms with Crippen LogP contribution in [0.2, 0.25) is 5.02 Å². The first kappa shape index (κ1) is 12.6. The number of nitrogens with zero attached hydrogens (tertiary/aromatic N) is 4. The minimum Gasteiger partial charge on any atom is -0.467 e. The van der Waals surface area contributed by atoms with E-state index in [2.05, 4.69) is 20.4 Å². The van der Waals surface area contributed by atoms with Gasteiger partial charge in [0.15, 0.2) is 5.82 Å². The molecule has 2 heterocycles. The number of methoxy groups -OCH3 is 1. The molecule has 2 aromatic rings. The van der Waals surface area contributed by atoms with Gasteiger partial charge in [0.25, 0.3) is 0 Å². The summed E-state index contributed by atoms with van der Waals surface area (Å²) in [6.45, 7) is 1.60. The first-order valence-electron chi connectivity index (χ1n) is 5.57. The summed E-state index contributed by atoms with van der Waals surface area (Å²) in [5.41, 5.74) is 0. The molecule has 6 nitrogen and oxygen atoms in total. The molecule has 2 rings (SSSR count). The molecule has 0 unspecified atom stereocenters. The van der Waals surface area contributed by atoms with Gasteiger partial charge in [0, 0.05) is 25.5 Å². The second kappa shape index (κ2) is 6.20. The molecule has 0 aliphatic heterocycles. The lowest BCUT2D eigenvalue weighted by Gasteiger charge is -2.08. The van der Waals surface area contributed by atoms with Gasteiger partial charge in [0.2, 0.25) is 0 Å². The van der Waals surface area contributed by atoms with Crippen LogP contribution in [0.3, 0.4) is 0 Å². The quantitative estimate of drug-likeness (QED) is 0.809. The van der Waals surface area contributed by atoms with E-state index in [9.17, 15) is 0 Å². The van der Waals surface area contributed by atoms with Crippen molar-refractivity contribution in [3.63, 3.8) is 0 Å². The van der Waals surface area contributed by atoms with Crippen LogP contribution in [0.15, 0.2) is 24.7 Å². The van der Waals surface area contributed by atoms with Crippen molar-refractivity contribution >= 4 is 17.4 Å². The van der Waals surface area contributed by atoms with Crippen molar-refractivity contribution in [1.29, 1.82) is 0 Å². The molecule has 0 saturated carbocycles. The highest BCUT2D eigenvalue weighted by atomic mass is 35.5. The summed E-state index contributed by atoms with van der Waals surface area (Å²) in [5, 5.41) is 7.75. The minimum absolute atomic E-state index is 0.300. The van der Waals surface area contributed by atoms with Crippen LogP contribution in [0.1, 0.15) is 6.42 Å². The fourth-order valence-electron chi connectivity index (χ4n) is 1.45. The molecule has 0 fully saturated rings. The van der Waals surface area contributed by atoms with Crippen LogP contribution in [0.4, 0.5) is 5.82 Å². The van der Waals surface area contributed by atoms with Crippen molar-refractivity contribution in [2.75, 3.05) is 19.0 Å². The van der Waals surface area contributed by atoms with Crippen LogP contribution in [-0.4, -0.2) is 33.4 Å². The molecule has 2 aromatic heterocycles. The fraction of sp³-hybridized carbons (Fsp3) is 0.364. The van der Waals surface area contributed by atoms with E-state index in [-0.39, 0.29) is 0 Å². The van der Waals surface area contributed by atoms with Gasteiger partial charge in [-0.25, -0.2) is 4.98 Å². The minimum atomic E-state index is 0.300. The SMILES string of the molecule is COc1ncc(Cl)c(NCCCn2cccn2)n1. The number of halogens is 1. The lowest BCUT2D eigenvalue weighted by atomic mass is 10.4. The topological polar surface area (TPSA) is 64.9 Å². The summed E-state index contributed by atoms with van der Waals surface area (Å²) < 4.78 is 6.82. The summed E-state index contributed by atoms with van der Waals surface area (Å²) in [5.74, 6) is 0.587. The number of rotatable bonds is 6. The average molecular weight is 268 g/mol. The van der Waals surface area contributed by atoms with E-state index in [1.807, 2.05) is 16.9 Å². The Morgan fingerprint density at radius 3 is 3.11 bits per heavy atom. The molecular formula is C11H14ClN5O. The zero-order chi connectivity index (χ0) is 12.8. The molecule has 96 valence electrons. The molecule has 0 aliphatic rings. The van der Waals surface area contributed by atoms with Crippen molar-refractivity contribution in [3.05, 3.63) is 29.7 Å². The van der Waals surface area contributed by atoms with Crippen LogP contribution < -0.4 is 10.1 Å². The largest absolute Gasteiger partial charge is 0.467 e. The van der Waals surface area contributed by atoms with Gasteiger partial charge < -0.3 is 10.1 Å². The standard InChI is InChI=1S/C11H14ClN5O/c1-18-11-14-8-9(12)10(16-11)13-4-2-6-17-7-3-5-15-17/h3,5,7-8H,2,4,6H2,1H3,(H,13,14,16). The van der Waals surface area contributed by atoms with E-state index in [1.54, 1.807) is 6.20 Å². The molecule has 0 radical (unpaired) electrons. The molecule has 0 atom stereocenters. The van der Waals surface area contributed by atoms with Gasteiger partial charge in [-0.1, -0.05) is 11.6 Å².